The molecule has 0 bridgehead atoms. The first-order chi connectivity index (χ1) is 9.54. The molecular formula is C13H16FIN2O3. The van der Waals surface area contributed by atoms with Gasteiger partial charge < -0.3 is 10.0 Å². The molecule has 1 saturated heterocycles. The van der Waals surface area contributed by atoms with Gasteiger partial charge in [-0.3, -0.25) is 10.1 Å². The second kappa shape index (κ2) is 6.66. The normalized spacial score (nSPS) is 19.1. The molecule has 1 fully saturated rings. The Balaban J connectivity index is 2.43. The fourth-order valence-corrected chi connectivity index (χ4v) is 3.12. The van der Waals surface area contributed by atoms with Gasteiger partial charge in [-0.25, -0.2) is 4.39 Å². The van der Waals surface area contributed by atoms with Crippen LogP contribution in [-0.4, -0.2) is 29.2 Å². The molecule has 0 radical (unpaired) electrons. The van der Waals surface area contributed by atoms with Crippen LogP contribution in [0.1, 0.15) is 25.7 Å². The molecule has 1 N–H and O–H groups in total. The second-order valence-electron chi connectivity index (χ2n) is 4.87. The molecule has 0 spiro atoms. The van der Waals surface area contributed by atoms with Crippen molar-refractivity contribution in [2.75, 3.05) is 18.1 Å². The minimum absolute atomic E-state index is 0.0296. The Hall–Kier alpha value is -0.960. The van der Waals surface area contributed by atoms with Gasteiger partial charge in [-0.1, -0.05) is 0 Å². The van der Waals surface area contributed by atoms with E-state index in [0.717, 1.165) is 19.3 Å². The fourth-order valence-electron chi connectivity index (χ4n) is 2.67. The Labute approximate surface area is 130 Å². The highest BCUT2D eigenvalue weighted by Crippen LogP contribution is 2.36. The zero-order chi connectivity index (χ0) is 14.7. The van der Waals surface area contributed by atoms with Crippen LogP contribution in [0.15, 0.2) is 12.1 Å². The standard InChI is InChI=1S/C13H16FIN2O3/c14-10-7-12(13(17(19)20)8-11(10)15)16-5-2-1-3-9(16)4-6-18/h7-9,18H,1-6H2. The van der Waals surface area contributed by atoms with Crippen molar-refractivity contribution in [1.29, 1.82) is 0 Å². The molecule has 1 unspecified atom stereocenters. The summed E-state index contributed by atoms with van der Waals surface area (Å²) < 4.78 is 14.0. The lowest BCUT2D eigenvalue weighted by molar-refractivity contribution is -0.384. The molecule has 7 heteroatoms. The van der Waals surface area contributed by atoms with Gasteiger partial charge in [0.15, 0.2) is 0 Å². The summed E-state index contributed by atoms with van der Waals surface area (Å²) >= 11 is 1.75. The van der Waals surface area contributed by atoms with Crippen molar-refractivity contribution >= 4 is 34.0 Å². The number of hydrogen-bond donors (Lipinski definition) is 1. The number of nitro benzene ring substituents is 1. The molecule has 1 atom stereocenters. The fraction of sp³-hybridized carbons (Fsp3) is 0.538. The SMILES string of the molecule is O=[N+]([O-])c1cc(I)c(F)cc1N1CCCCC1CCO. The number of aliphatic hydroxyl groups is 1. The van der Waals surface area contributed by atoms with Gasteiger partial charge in [-0.05, 0) is 48.3 Å². The van der Waals surface area contributed by atoms with Gasteiger partial charge in [0, 0.05) is 31.3 Å². The first-order valence-corrected chi connectivity index (χ1v) is 7.63. The molecule has 1 aromatic carbocycles. The molecule has 5 nitrogen and oxygen atoms in total. The van der Waals surface area contributed by atoms with E-state index in [0.29, 0.717) is 18.7 Å². The van der Waals surface area contributed by atoms with Crippen LogP contribution in [0.4, 0.5) is 15.8 Å². The lowest BCUT2D eigenvalue weighted by Gasteiger charge is -2.37. The van der Waals surface area contributed by atoms with E-state index in [4.69, 9.17) is 5.11 Å². The molecule has 1 aliphatic heterocycles. The third-order valence-corrected chi connectivity index (χ3v) is 4.44. The van der Waals surface area contributed by atoms with Crippen molar-refractivity contribution < 1.29 is 14.4 Å². The smallest absolute Gasteiger partial charge is 0.293 e. The molecule has 1 heterocycles. The average molecular weight is 394 g/mol. The maximum atomic E-state index is 13.8. The summed E-state index contributed by atoms with van der Waals surface area (Å²) in [4.78, 5) is 12.6. The van der Waals surface area contributed by atoms with Gasteiger partial charge in [-0.2, -0.15) is 0 Å². The van der Waals surface area contributed by atoms with E-state index >= 15 is 0 Å². The summed E-state index contributed by atoms with van der Waals surface area (Å²) in [5, 5.41) is 20.3. The molecule has 0 aromatic heterocycles. The van der Waals surface area contributed by atoms with Crippen LogP contribution in [-0.2, 0) is 0 Å². The summed E-state index contributed by atoms with van der Waals surface area (Å²) in [6.45, 7) is 0.688. The third kappa shape index (κ3) is 3.20. The summed E-state index contributed by atoms with van der Waals surface area (Å²) in [5.74, 6) is -0.445. The summed E-state index contributed by atoms with van der Waals surface area (Å²) in [7, 11) is 0. The van der Waals surface area contributed by atoms with Gasteiger partial charge >= 0.3 is 0 Å². The van der Waals surface area contributed by atoms with Crippen LogP contribution < -0.4 is 4.90 Å². The number of benzene rings is 1. The number of piperidine rings is 1. The predicted octanol–water partition coefficient (Wildman–Crippen LogP) is 3.08. The molecule has 2 rings (SSSR count). The van der Waals surface area contributed by atoms with Crippen LogP contribution in [0.5, 0.6) is 0 Å². The second-order valence-corrected chi connectivity index (χ2v) is 6.03. The van der Waals surface area contributed by atoms with Crippen LogP contribution in [0.3, 0.4) is 0 Å². The minimum atomic E-state index is -0.471. The Bertz CT molecular complexity index is 511. The lowest BCUT2D eigenvalue weighted by atomic mass is 9.98. The quantitative estimate of drug-likeness (QED) is 0.484. The van der Waals surface area contributed by atoms with Crippen LogP contribution in [0.25, 0.3) is 0 Å². The van der Waals surface area contributed by atoms with Gasteiger partial charge in [0.25, 0.3) is 5.69 Å². The number of rotatable bonds is 4. The molecule has 20 heavy (non-hydrogen) atoms. The van der Waals surface area contributed by atoms with E-state index in [1.807, 2.05) is 4.90 Å². The third-order valence-electron chi connectivity index (χ3n) is 3.61. The van der Waals surface area contributed by atoms with E-state index in [2.05, 4.69) is 0 Å². The Morgan fingerprint density at radius 3 is 2.90 bits per heavy atom. The zero-order valence-corrected chi connectivity index (χ0v) is 13.0. The van der Waals surface area contributed by atoms with Crippen LogP contribution in [0.2, 0.25) is 0 Å². The molecule has 1 aliphatic rings. The number of hydrogen-bond acceptors (Lipinski definition) is 4. The Morgan fingerprint density at radius 2 is 2.25 bits per heavy atom. The van der Waals surface area contributed by atoms with Crippen molar-refractivity contribution in [3.05, 3.63) is 31.6 Å². The van der Waals surface area contributed by atoms with E-state index in [1.54, 1.807) is 22.6 Å². The number of nitrogens with zero attached hydrogens (tertiary/aromatic N) is 2. The van der Waals surface area contributed by atoms with Crippen molar-refractivity contribution in [3.8, 4) is 0 Å². The Kier molecular flexibility index (Phi) is 5.14. The van der Waals surface area contributed by atoms with Crippen LogP contribution in [0, 0.1) is 19.5 Å². The van der Waals surface area contributed by atoms with E-state index < -0.39 is 10.7 Å². The first kappa shape index (κ1) is 15.4. The number of halogens is 2. The molecule has 1 aromatic rings. The highest BCUT2D eigenvalue weighted by Gasteiger charge is 2.29. The number of nitro groups is 1. The summed E-state index contributed by atoms with van der Waals surface area (Å²) in [5.41, 5.74) is 0.256. The first-order valence-electron chi connectivity index (χ1n) is 6.55. The van der Waals surface area contributed by atoms with Gasteiger partial charge in [0.1, 0.15) is 11.5 Å². The molecule has 0 saturated carbocycles. The van der Waals surface area contributed by atoms with Gasteiger partial charge in [0.05, 0.1) is 8.49 Å². The zero-order valence-electron chi connectivity index (χ0n) is 10.9. The molecular weight excluding hydrogens is 378 g/mol. The van der Waals surface area contributed by atoms with Crippen molar-refractivity contribution in [1.82, 2.24) is 0 Å². The van der Waals surface area contributed by atoms with Crippen molar-refractivity contribution in [2.24, 2.45) is 0 Å². The van der Waals surface area contributed by atoms with E-state index in [-0.39, 0.29) is 21.9 Å². The molecule has 110 valence electrons. The molecule has 0 amide bonds. The maximum Gasteiger partial charge on any atom is 0.293 e. The predicted molar refractivity (Wildman–Crippen MR) is 82.5 cm³/mol. The van der Waals surface area contributed by atoms with Crippen molar-refractivity contribution in [3.63, 3.8) is 0 Å². The topological polar surface area (TPSA) is 66.6 Å². The van der Waals surface area contributed by atoms with Gasteiger partial charge in [-0.15, -0.1) is 0 Å². The van der Waals surface area contributed by atoms with Gasteiger partial charge in [0.2, 0.25) is 0 Å². The van der Waals surface area contributed by atoms with E-state index in [1.165, 1.54) is 12.1 Å². The number of aliphatic hydroxyl groups excluding tert-OH is 1. The highest BCUT2D eigenvalue weighted by atomic mass is 127. The van der Waals surface area contributed by atoms with E-state index in [9.17, 15) is 14.5 Å². The largest absolute Gasteiger partial charge is 0.396 e. The summed E-state index contributed by atoms with van der Waals surface area (Å²) in [6, 6.07) is 2.55. The molecule has 0 aliphatic carbocycles. The monoisotopic (exact) mass is 394 g/mol. The Morgan fingerprint density at radius 1 is 1.50 bits per heavy atom. The summed E-state index contributed by atoms with van der Waals surface area (Å²) in [6.07, 6.45) is 3.37. The minimum Gasteiger partial charge on any atom is -0.396 e. The number of anilines is 1. The lowest BCUT2D eigenvalue weighted by Crippen LogP contribution is -2.40. The van der Waals surface area contributed by atoms with Crippen molar-refractivity contribution in [2.45, 2.75) is 31.7 Å². The maximum absolute atomic E-state index is 13.8. The average Bonchev–Trinajstić information content (AvgIpc) is 2.42. The van der Waals surface area contributed by atoms with Crippen LogP contribution >= 0.6 is 22.6 Å². The highest BCUT2D eigenvalue weighted by molar-refractivity contribution is 14.1.